The third kappa shape index (κ3) is 8.01. The van der Waals surface area contributed by atoms with Crippen LogP contribution in [0.1, 0.15) is 12.8 Å². The summed E-state index contributed by atoms with van der Waals surface area (Å²) in [5, 5.41) is 4.05. The molecule has 8 heteroatoms. The van der Waals surface area contributed by atoms with E-state index >= 15 is 0 Å². The molecular formula is C21H35ClN6O. The molecule has 2 heterocycles. The average Bonchev–Trinajstić information content (AvgIpc) is 2.75. The molecule has 0 radical (unpaired) electrons. The molecule has 2 saturated heterocycles. The van der Waals surface area contributed by atoms with Crippen molar-refractivity contribution in [3.63, 3.8) is 0 Å². The molecule has 2 aliphatic rings. The highest BCUT2D eigenvalue weighted by Gasteiger charge is 2.16. The molecule has 3 rings (SSSR count). The average molecular weight is 423 g/mol. The zero-order valence-corrected chi connectivity index (χ0v) is 18.1. The summed E-state index contributed by atoms with van der Waals surface area (Å²) in [6.07, 6.45) is 2.11. The molecule has 7 nitrogen and oxygen atoms in total. The van der Waals surface area contributed by atoms with Gasteiger partial charge in [-0.2, -0.15) is 0 Å². The van der Waals surface area contributed by atoms with Crippen molar-refractivity contribution >= 4 is 23.2 Å². The van der Waals surface area contributed by atoms with Crippen LogP contribution < -0.4 is 16.0 Å². The molecule has 3 N–H and O–H groups in total. The second kappa shape index (κ2) is 12.2. The number of nitrogens with zero attached hydrogens (tertiary/aromatic N) is 4. The van der Waals surface area contributed by atoms with Gasteiger partial charge in [-0.25, -0.2) is 0 Å². The summed E-state index contributed by atoms with van der Waals surface area (Å²) in [6.45, 7) is 11.8. The van der Waals surface area contributed by atoms with E-state index in [-0.39, 0.29) is 0 Å². The Kier molecular flexibility index (Phi) is 9.34. The van der Waals surface area contributed by atoms with Gasteiger partial charge in [-0.15, -0.1) is 0 Å². The minimum Gasteiger partial charge on any atom is -0.379 e. The number of anilines is 1. The fraction of sp³-hybridized carbons (Fsp3) is 0.667. The van der Waals surface area contributed by atoms with E-state index in [0.29, 0.717) is 5.96 Å². The first-order valence-electron chi connectivity index (χ1n) is 10.8. The van der Waals surface area contributed by atoms with Gasteiger partial charge < -0.3 is 20.7 Å². The van der Waals surface area contributed by atoms with E-state index in [1.807, 2.05) is 18.2 Å². The predicted octanol–water partition coefficient (Wildman–Crippen LogP) is 1.48. The second-order valence-electron chi connectivity index (χ2n) is 7.66. The van der Waals surface area contributed by atoms with E-state index in [1.54, 1.807) is 0 Å². The van der Waals surface area contributed by atoms with Crippen molar-refractivity contribution in [2.24, 2.45) is 10.7 Å². The van der Waals surface area contributed by atoms with E-state index in [0.717, 1.165) is 96.5 Å². The minimum absolute atomic E-state index is 0.567. The van der Waals surface area contributed by atoms with Crippen LogP contribution in [0, 0.1) is 0 Å². The van der Waals surface area contributed by atoms with Gasteiger partial charge >= 0.3 is 0 Å². The monoisotopic (exact) mass is 422 g/mol. The van der Waals surface area contributed by atoms with Crippen LogP contribution in [0.25, 0.3) is 0 Å². The van der Waals surface area contributed by atoms with Crippen LogP contribution in [0.3, 0.4) is 0 Å². The lowest BCUT2D eigenvalue weighted by Gasteiger charge is -2.36. The van der Waals surface area contributed by atoms with Gasteiger partial charge in [-0.05, 0) is 37.6 Å². The molecule has 0 bridgehead atoms. The smallest absolute Gasteiger partial charge is 0.188 e. The molecule has 1 aromatic rings. The fourth-order valence-corrected chi connectivity index (χ4v) is 3.98. The van der Waals surface area contributed by atoms with Crippen molar-refractivity contribution in [3.8, 4) is 0 Å². The number of aliphatic imine (C=N–C) groups is 1. The van der Waals surface area contributed by atoms with E-state index in [4.69, 9.17) is 22.1 Å². The van der Waals surface area contributed by atoms with Gasteiger partial charge in [0, 0.05) is 69.6 Å². The Bertz CT molecular complexity index is 629. The molecule has 0 unspecified atom stereocenters. The number of benzene rings is 1. The Morgan fingerprint density at radius 2 is 1.76 bits per heavy atom. The maximum absolute atomic E-state index is 6.11. The molecule has 29 heavy (non-hydrogen) atoms. The maximum atomic E-state index is 6.11. The SMILES string of the molecule is NC(=NCCCN1CCOCC1)NCCCN1CCN(c2cccc(Cl)c2)CC1. The van der Waals surface area contributed by atoms with E-state index in [2.05, 4.69) is 31.1 Å². The summed E-state index contributed by atoms with van der Waals surface area (Å²) < 4.78 is 5.36. The number of hydrogen-bond donors (Lipinski definition) is 2. The number of piperazine rings is 1. The normalized spacial score (nSPS) is 19.5. The molecule has 2 aliphatic heterocycles. The number of nitrogens with two attached hydrogens (primary N) is 1. The van der Waals surface area contributed by atoms with Crippen LogP contribution in [0.4, 0.5) is 5.69 Å². The number of rotatable bonds is 9. The largest absolute Gasteiger partial charge is 0.379 e. The molecular weight excluding hydrogens is 388 g/mol. The number of nitrogens with one attached hydrogen (secondary N) is 1. The summed E-state index contributed by atoms with van der Waals surface area (Å²) in [5.41, 5.74) is 7.20. The predicted molar refractivity (Wildman–Crippen MR) is 121 cm³/mol. The van der Waals surface area contributed by atoms with Crippen molar-refractivity contribution < 1.29 is 4.74 Å². The van der Waals surface area contributed by atoms with Crippen LogP contribution in [-0.4, -0.2) is 94.4 Å². The number of halogens is 1. The molecule has 0 amide bonds. The Morgan fingerprint density at radius 3 is 2.52 bits per heavy atom. The van der Waals surface area contributed by atoms with Crippen LogP contribution in [0.5, 0.6) is 0 Å². The third-order valence-corrected chi connectivity index (χ3v) is 5.76. The number of hydrogen-bond acceptors (Lipinski definition) is 5. The number of ether oxygens (including phenoxy) is 1. The van der Waals surface area contributed by atoms with E-state index < -0.39 is 0 Å². The molecule has 0 saturated carbocycles. The summed E-state index contributed by atoms with van der Waals surface area (Å²) in [7, 11) is 0. The topological polar surface area (TPSA) is 69.4 Å². The number of morpholine rings is 1. The lowest BCUT2D eigenvalue weighted by molar-refractivity contribution is 0.0377. The second-order valence-corrected chi connectivity index (χ2v) is 8.10. The van der Waals surface area contributed by atoms with Crippen molar-refractivity contribution in [2.75, 3.05) is 83.6 Å². The van der Waals surface area contributed by atoms with Gasteiger partial charge in [-0.1, -0.05) is 17.7 Å². The first-order valence-corrected chi connectivity index (χ1v) is 11.2. The Hall–Kier alpha value is -1.54. The van der Waals surface area contributed by atoms with Gasteiger partial charge in [0.05, 0.1) is 13.2 Å². The Morgan fingerprint density at radius 1 is 1.03 bits per heavy atom. The summed E-state index contributed by atoms with van der Waals surface area (Å²) >= 11 is 6.11. The van der Waals surface area contributed by atoms with Gasteiger partial charge in [0.1, 0.15) is 0 Å². The summed E-state index contributed by atoms with van der Waals surface area (Å²) in [5.74, 6) is 0.567. The van der Waals surface area contributed by atoms with Gasteiger partial charge in [-0.3, -0.25) is 14.8 Å². The highest BCUT2D eigenvalue weighted by atomic mass is 35.5. The van der Waals surface area contributed by atoms with Crippen molar-refractivity contribution in [3.05, 3.63) is 29.3 Å². The Balaban J connectivity index is 1.22. The molecule has 0 aliphatic carbocycles. The van der Waals surface area contributed by atoms with Crippen LogP contribution in [-0.2, 0) is 4.74 Å². The van der Waals surface area contributed by atoms with Crippen LogP contribution >= 0.6 is 11.6 Å². The zero-order valence-electron chi connectivity index (χ0n) is 17.4. The summed E-state index contributed by atoms with van der Waals surface area (Å²) in [6, 6.07) is 8.12. The first-order chi connectivity index (χ1) is 14.2. The van der Waals surface area contributed by atoms with E-state index in [9.17, 15) is 0 Å². The zero-order chi connectivity index (χ0) is 20.3. The molecule has 2 fully saturated rings. The standard InChI is InChI=1S/C21H35ClN6O/c22-19-4-1-5-20(18-19)28-12-10-26(11-13-28)8-2-6-24-21(23)25-7-3-9-27-14-16-29-17-15-27/h1,4-5,18H,2-3,6-17H2,(H3,23,24,25). The highest BCUT2D eigenvalue weighted by Crippen LogP contribution is 2.20. The molecule has 0 spiro atoms. The number of guanidine groups is 1. The van der Waals surface area contributed by atoms with Crippen LogP contribution in [0.2, 0.25) is 5.02 Å². The third-order valence-electron chi connectivity index (χ3n) is 5.52. The van der Waals surface area contributed by atoms with Crippen molar-refractivity contribution in [2.45, 2.75) is 12.8 Å². The molecule has 0 aromatic heterocycles. The van der Waals surface area contributed by atoms with Crippen molar-refractivity contribution in [1.82, 2.24) is 15.1 Å². The Labute approximate surface area is 179 Å². The first kappa shape index (κ1) is 22.2. The maximum Gasteiger partial charge on any atom is 0.188 e. The minimum atomic E-state index is 0.567. The quantitative estimate of drug-likeness (QED) is 0.357. The molecule has 1 aromatic carbocycles. The highest BCUT2D eigenvalue weighted by molar-refractivity contribution is 6.30. The summed E-state index contributed by atoms with van der Waals surface area (Å²) in [4.78, 5) is 11.8. The fourth-order valence-electron chi connectivity index (χ4n) is 3.80. The lowest BCUT2D eigenvalue weighted by Crippen LogP contribution is -2.47. The molecule has 162 valence electrons. The van der Waals surface area contributed by atoms with Crippen molar-refractivity contribution in [1.29, 1.82) is 0 Å². The van der Waals surface area contributed by atoms with Gasteiger partial charge in [0.25, 0.3) is 0 Å². The van der Waals surface area contributed by atoms with E-state index in [1.165, 1.54) is 5.69 Å². The van der Waals surface area contributed by atoms with Gasteiger partial charge in [0.2, 0.25) is 0 Å². The lowest BCUT2D eigenvalue weighted by atomic mass is 10.2. The van der Waals surface area contributed by atoms with Crippen LogP contribution in [0.15, 0.2) is 29.3 Å². The van der Waals surface area contributed by atoms with Gasteiger partial charge in [0.15, 0.2) is 5.96 Å². The molecule has 0 atom stereocenters.